The topological polar surface area (TPSA) is 98.4 Å². The lowest BCUT2D eigenvalue weighted by molar-refractivity contribution is 0.0920. The number of rotatable bonds is 9. The summed E-state index contributed by atoms with van der Waals surface area (Å²) in [6, 6.07) is 16.1. The summed E-state index contributed by atoms with van der Waals surface area (Å²) in [6.07, 6.45) is 6.74. The summed E-state index contributed by atoms with van der Waals surface area (Å²) in [5.41, 5.74) is 2.72. The Morgan fingerprint density at radius 3 is 2.68 bits per heavy atom. The lowest BCUT2D eigenvalue weighted by Gasteiger charge is -2.16. The van der Waals surface area contributed by atoms with Gasteiger partial charge in [-0.25, -0.2) is 9.97 Å². The van der Waals surface area contributed by atoms with E-state index in [9.17, 15) is 4.79 Å². The van der Waals surface area contributed by atoms with E-state index in [0.717, 1.165) is 11.1 Å². The standard InChI is InChI=1S/C26H24N4O4/c1-4-11-28-26(31)18-7-9-20(10-8-18)34-22-14-19(13-21(15-22)33-17(2)16-32-3)24-29-23-6-5-12-27-25(23)30-24/h1,5-10,12-15,17H,11,16H2,2-3H3,(H,28,31)(H,27,29,30)/t17-/m0/s1. The van der Waals surface area contributed by atoms with Crippen LogP contribution in [0.4, 0.5) is 0 Å². The summed E-state index contributed by atoms with van der Waals surface area (Å²) < 4.78 is 17.3. The van der Waals surface area contributed by atoms with Crippen molar-refractivity contribution in [2.24, 2.45) is 0 Å². The van der Waals surface area contributed by atoms with Gasteiger partial charge in [0.05, 0.1) is 13.2 Å². The molecule has 0 unspecified atom stereocenters. The lowest BCUT2D eigenvalue weighted by Crippen LogP contribution is -2.23. The van der Waals surface area contributed by atoms with Crippen molar-refractivity contribution in [3.8, 4) is 41.0 Å². The number of benzene rings is 2. The monoisotopic (exact) mass is 456 g/mol. The molecule has 2 heterocycles. The highest BCUT2D eigenvalue weighted by Gasteiger charge is 2.13. The third-order valence-electron chi connectivity index (χ3n) is 4.85. The van der Waals surface area contributed by atoms with Crippen molar-refractivity contribution in [1.82, 2.24) is 20.3 Å². The fraction of sp³-hybridized carbons (Fsp3) is 0.192. The van der Waals surface area contributed by atoms with Gasteiger partial charge >= 0.3 is 0 Å². The first kappa shape index (κ1) is 22.8. The largest absolute Gasteiger partial charge is 0.488 e. The number of aromatic nitrogens is 3. The summed E-state index contributed by atoms with van der Waals surface area (Å²) in [5, 5.41) is 2.63. The number of carbonyl (C=O) groups is 1. The fourth-order valence-electron chi connectivity index (χ4n) is 3.36. The van der Waals surface area contributed by atoms with E-state index < -0.39 is 0 Å². The van der Waals surface area contributed by atoms with Gasteiger partial charge in [-0.05, 0) is 55.5 Å². The van der Waals surface area contributed by atoms with Crippen LogP contribution in [0, 0.1) is 12.3 Å². The van der Waals surface area contributed by atoms with Crippen LogP contribution in [-0.2, 0) is 4.74 Å². The Morgan fingerprint density at radius 2 is 1.94 bits per heavy atom. The molecule has 8 nitrogen and oxygen atoms in total. The SMILES string of the molecule is C#CCNC(=O)c1ccc(Oc2cc(O[C@@H](C)COC)cc(-c3nc4cccnc4[nH]3)c2)cc1. The number of terminal acetylenes is 1. The average molecular weight is 457 g/mol. The third kappa shape index (κ3) is 5.52. The van der Waals surface area contributed by atoms with Gasteiger partial charge in [0.2, 0.25) is 0 Å². The Bertz CT molecular complexity index is 1290. The van der Waals surface area contributed by atoms with Crippen LogP contribution in [0.25, 0.3) is 22.6 Å². The normalized spacial score (nSPS) is 11.6. The molecule has 0 bridgehead atoms. The molecule has 0 aliphatic rings. The highest BCUT2D eigenvalue weighted by Crippen LogP contribution is 2.32. The maximum atomic E-state index is 12.1. The first-order chi connectivity index (χ1) is 16.6. The molecule has 4 aromatic rings. The van der Waals surface area contributed by atoms with Crippen molar-refractivity contribution in [2.45, 2.75) is 13.0 Å². The average Bonchev–Trinajstić information content (AvgIpc) is 3.27. The second-order valence-electron chi connectivity index (χ2n) is 7.55. The van der Waals surface area contributed by atoms with Crippen LogP contribution in [0.2, 0.25) is 0 Å². The van der Waals surface area contributed by atoms with E-state index in [4.69, 9.17) is 20.6 Å². The number of pyridine rings is 1. The number of nitrogens with zero attached hydrogens (tertiary/aromatic N) is 2. The van der Waals surface area contributed by atoms with E-state index in [2.05, 4.69) is 26.2 Å². The van der Waals surface area contributed by atoms with Crippen molar-refractivity contribution >= 4 is 17.1 Å². The number of nitrogens with one attached hydrogen (secondary N) is 2. The molecule has 4 rings (SSSR count). The fourth-order valence-corrected chi connectivity index (χ4v) is 3.36. The van der Waals surface area contributed by atoms with Gasteiger partial charge < -0.3 is 24.5 Å². The highest BCUT2D eigenvalue weighted by molar-refractivity contribution is 5.94. The molecule has 8 heteroatoms. The molecule has 0 aliphatic heterocycles. The summed E-state index contributed by atoms with van der Waals surface area (Å²) in [5.74, 6) is 4.50. The number of hydrogen-bond acceptors (Lipinski definition) is 6. The van der Waals surface area contributed by atoms with Gasteiger partial charge in [0.25, 0.3) is 5.91 Å². The number of carbonyl (C=O) groups excluding carboxylic acids is 1. The first-order valence-electron chi connectivity index (χ1n) is 10.7. The molecule has 1 amide bonds. The van der Waals surface area contributed by atoms with E-state index in [1.807, 2.05) is 31.2 Å². The molecule has 2 aromatic carbocycles. The minimum atomic E-state index is -0.243. The number of ether oxygens (including phenoxy) is 3. The van der Waals surface area contributed by atoms with E-state index in [-0.39, 0.29) is 18.6 Å². The maximum absolute atomic E-state index is 12.1. The van der Waals surface area contributed by atoms with Crippen LogP contribution in [0.15, 0.2) is 60.8 Å². The molecular weight excluding hydrogens is 432 g/mol. The van der Waals surface area contributed by atoms with Gasteiger partial charge in [-0.1, -0.05) is 5.92 Å². The summed E-state index contributed by atoms with van der Waals surface area (Å²) in [7, 11) is 1.63. The minimum Gasteiger partial charge on any atom is -0.488 e. The van der Waals surface area contributed by atoms with Crippen LogP contribution in [0.1, 0.15) is 17.3 Å². The molecule has 2 N–H and O–H groups in total. The second kappa shape index (κ2) is 10.5. The molecule has 0 saturated heterocycles. The Balaban J connectivity index is 1.62. The molecule has 0 saturated carbocycles. The van der Waals surface area contributed by atoms with Gasteiger partial charge in [-0.15, -0.1) is 6.42 Å². The number of methoxy groups -OCH3 is 1. The molecule has 0 radical (unpaired) electrons. The number of imidazole rings is 1. The van der Waals surface area contributed by atoms with Gasteiger partial charge in [0.1, 0.15) is 34.7 Å². The zero-order valence-corrected chi connectivity index (χ0v) is 18.9. The van der Waals surface area contributed by atoms with Crippen LogP contribution >= 0.6 is 0 Å². The van der Waals surface area contributed by atoms with E-state index >= 15 is 0 Å². The number of H-pyrrole nitrogens is 1. The number of aromatic amines is 1. The molecule has 2 aromatic heterocycles. The van der Waals surface area contributed by atoms with E-state index in [1.54, 1.807) is 43.6 Å². The van der Waals surface area contributed by atoms with Gasteiger partial charge in [-0.3, -0.25) is 4.79 Å². The van der Waals surface area contributed by atoms with Crippen LogP contribution in [-0.4, -0.2) is 47.2 Å². The quantitative estimate of drug-likeness (QED) is 0.367. The smallest absolute Gasteiger partial charge is 0.252 e. The Kier molecular flexibility index (Phi) is 7.06. The molecule has 34 heavy (non-hydrogen) atoms. The maximum Gasteiger partial charge on any atom is 0.252 e. The molecule has 0 aliphatic carbocycles. The molecule has 172 valence electrons. The Labute approximate surface area is 197 Å². The van der Waals surface area contributed by atoms with E-state index in [1.165, 1.54) is 0 Å². The molecule has 0 spiro atoms. The van der Waals surface area contributed by atoms with Crippen LogP contribution in [0.3, 0.4) is 0 Å². The molecule has 1 atom stereocenters. The van der Waals surface area contributed by atoms with Crippen molar-refractivity contribution in [1.29, 1.82) is 0 Å². The minimum absolute atomic E-state index is 0.161. The van der Waals surface area contributed by atoms with Crippen molar-refractivity contribution < 1.29 is 19.0 Å². The Morgan fingerprint density at radius 1 is 1.15 bits per heavy atom. The van der Waals surface area contributed by atoms with Gasteiger partial charge in [0, 0.05) is 30.5 Å². The van der Waals surface area contributed by atoms with E-state index in [0.29, 0.717) is 40.9 Å². The predicted molar refractivity (Wildman–Crippen MR) is 129 cm³/mol. The molecule has 0 fully saturated rings. The van der Waals surface area contributed by atoms with Crippen LogP contribution < -0.4 is 14.8 Å². The van der Waals surface area contributed by atoms with Crippen molar-refractivity contribution in [3.05, 3.63) is 66.4 Å². The third-order valence-corrected chi connectivity index (χ3v) is 4.85. The molecular formula is C26H24N4O4. The van der Waals surface area contributed by atoms with Gasteiger partial charge in [-0.2, -0.15) is 0 Å². The van der Waals surface area contributed by atoms with Crippen molar-refractivity contribution in [3.63, 3.8) is 0 Å². The summed E-state index contributed by atoms with van der Waals surface area (Å²) in [6.45, 7) is 2.54. The van der Waals surface area contributed by atoms with Crippen LogP contribution in [0.5, 0.6) is 17.2 Å². The number of fused-ring (bicyclic) bond motifs is 1. The number of amides is 1. The lowest BCUT2D eigenvalue weighted by atomic mass is 10.1. The highest BCUT2D eigenvalue weighted by atomic mass is 16.5. The van der Waals surface area contributed by atoms with Gasteiger partial charge in [0.15, 0.2) is 5.65 Å². The summed E-state index contributed by atoms with van der Waals surface area (Å²) in [4.78, 5) is 24.2. The zero-order valence-electron chi connectivity index (χ0n) is 18.9. The second-order valence-corrected chi connectivity index (χ2v) is 7.55. The summed E-state index contributed by atoms with van der Waals surface area (Å²) >= 11 is 0. The Hall–Kier alpha value is -4.35. The number of hydrogen-bond donors (Lipinski definition) is 2. The van der Waals surface area contributed by atoms with Crippen molar-refractivity contribution in [2.75, 3.05) is 20.3 Å². The zero-order chi connectivity index (χ0) is 23.9. The first-order valence-corrected chi connectivity index (χ1v) is 10.7. The predicted octanol–water partition coefficient (Wildman–Crippen LogP) is 4.19.